The fraction of sp³-hybridized carbons (Fsp3) is 0.318. The Balaban J connectivity index is 1.83. The van der Waals surface area contributed by atoms with Gasteiger partial charge < -0.3 is 5.32 Å². The minimum Gasteiger partial charge on any atom is -0.345 e. The van der Waals surface area contributed by atoms with Gasteiger partial charge in [0.25, 0.3) is 5.91 Å². The van der Waals surface area contributed by atoms with E-state index >= 15 is 0 Å². The lowest BCUT2D eigenvalue weighted by Gasteiger charge is -2.18. The summed E-state index contributed by atoms with van der Waals surface area (Å²) < 4.78 is 24.8. The highest BCUT2D eigenvalue weighted by molar-refractivity contribution is 7.92. The molecule has 6 heteroatoms. The molecule has 0 radical (unpaired) electrons. The van der Waals surface area contributed by atoms with Gasteiger partial charge in [-0.05, 0) is 47.2 Å². The monoisotopic (exact) mass is 398 g/mol. The molecule has 0 spiro atoms. The minimum atomic E-state index is -3.28. The van der Waals surface area contributed by atoms with Crippen molar-refractivity contribution >= 4 is 21.6 Å². The molecule has 0 aliphatic heterocycles. The van der Waals surface area contributed by atoms with E-state index in [9.17, 15) is 13.2 Å². The van der Waals surface area contributed by atoms with Crippen LogP contribution in [0.2, 0.25) is 0 Å². The molecule has 0 heterocycles. The molecule has 2 aromatic carbocycles. The van der Waals surface area contributed by atoms with Crippen molar-refractivity contribution in [1.82, 2.24) is 5.32 Å². The van der Waals surface area contributed by atoms with Crippen LogP contribution < -0.4 is 10.0 Å². The molecule has 0 bridgehead atoms. The van der Waals surface area contributed by atoms with E-state index < -0.39 is 10.0 Å². The average Bonchev–Trinajstić information content (AvgIpc) is 2.60. The van der Waals surface area contributed by atoms with Gasteiger partial charge in [0.1, 0.15) is 0 Å². The van der Waals surface area contributed by atoms with Crippen LogP contribution in [0.15, 0.2) is 48.5 Å². The zero-order chi connectivity index (χ0) is 20.8. The Morgan fingerprint density at radius 2 is 1.61 bits per heavy atom. The Bertz CT molecular complexity index is 975. The van der Waals surface area contributed by atoms with E-state index in [0.29, 0.717) is 18.7 Å². The van der Waals surface area contributed by atoms with Crippen molar-refractivity contribution < 1.29 is 13.2 Å². The van der Waals surface area contributed by atoms with E-state index in [0.717, 1.165) is 17.4 Å². The highest BCUT2D eigenvalue weighted by atomic mass is 32.2. The highest BCUT2D eigenvalue weighted by Gasteiger charge is 2.12. The fourth-order valence-corrected chi connectivity index (χ4v) is 3.06. The van der Waals surface area contributed by atoms with Gasteiger partial charge >= 0.3 is 0 Å². The number of carbonyl (C=O) groups excluding carboxylic acids is 1. The maximum absolute atomic E-state index is 11.9. The highest BCUT2D eigenvalue weighted by Crippen LogP contribution is 2.21. The lowest BCUT2D eigenvalue weighted by atomic mass is 9.87. The third-order valence-corrected chi connectivity index (χ3v) is 4.63. The first kappa shape index (κ1) is 21.5. The van der Waals surface area contributed by atoms with Crippen LogP contribution in [0.5, 0.6) is 0 Å². The number of benzene rings is 2. The molecule has 148 valence electrons. The second kappa shape index (κ2) is 8.94. The number of rotatable bonds is 5. The van der Waals surface area contributed by atoms with Crippen LogP contribution in [0.3, 0.4) is 0 Å². The second-order valence-corrected chi connectivity index (χ2v) is 9.40. The van der Waals surface area contributed by atoms with E-state index in [2.05, 4.69) is 42.7 Å². The topological polar surface area (TPSA) is 75.3 Å². The first-order chi connectivity index (χ1) is 13.0. The largest absolute Gasteiger partial charge is 0.345 e. The minimum absolute atomic E-state index is 0.0857. The van der Waals surface area contributed by atoms with Crippen molar-refractivity contribution in [3.63, 3.8) is 0 Å². The molecule has 2 rings (SSSR count). The third kappa shape index (κ3) is 7.45. The summed E-state index contributed by atoms with van der Waals surface area (Å²) in [6.07, 6.45) is 1.74. The molecular formula is C22H26N2O3S. The number of hydrogen-bond donors (Lipinski definition) is 2. The molecule has 2 aromatic rings. The molecule has 2 N–H and O–H groups in total. The van der Waals surface area contributed by atoms with Gasteiger partial charge in [-0.25, -0.2) is 8.42 Å². The molecule has 0 atom stereocenters. The van der Waals surface area contributed by atoms with Gasteiger partial charge in [-0.3, -0.25) is 9.52 Å². The number of amides is 1. The number of anilines is 1. The lowest BCUT2D eigenvalue weighted by Crippen LogP contribution is -2.24. The quantitative estimate of drug-likeness (QED) is 0.760. The van der Waals surface area contributed by atoms with E-state index in [1.54, 1.807) is 12.1 Å². The van der Waals surface area contributed by atoms with Crippen molar-refractivity contribution in [2.45, 2.75) is 32.6 Å². The predicted molar refractivity (Wildman–Crippen MR) is 114 cm³/mol. The van der Waals surface area contributed by atoms with E-state index in [1.165, 1.54) is 5.56 Å². The van der Waals surface area contributed by atoms with Gasteiger partial charge in [0.2, 0.25) is 10.0 Å². The molecule has 0 fully saturated rings. The molecule has 0 saturated heterocycles. The lowest BCUT2D eigenvalue weighted by molar-refractivity contribution is -0.115. The van der Waals surface area contributed by atoms with Crippen LogP contribution >= 0.6 is 0 Å². The zero-order valence-electron chi connectivity index (χ0n) is 16.7. The summed E-state index contributed by atoms with van der Waals surface area (Å²) in [7, 11) is -3.28. The van der Waals surface area contributed by atoms with Crippen molar-refractivity contribution in [2.24, 2.45) is 0 Å². The third-order valence-electron chi connectivity index (χ3n) is 4.03. The molecule has 5 nitrogen and oxygen atoms in total. The van der Waals surface area contributed by atoms with Gasteiger partial charge in [0.05, 0.1) is 6.26 Å². The Hall–Kier alpha value is -2.78. The Morgan fingerprint density at radius 3 is 2.14 bits per heavy atom. The van der Waals surface area contributed by atoms with Crippen molar-refractivity contribution in [3.8, 4) is 11.8 Å². The summed E-state index contributed by atoms with van der Waals surface area (Å²) in [5.74, 6) is 5.15. The normalized spacial score (nSPS) is 11.3. The van der Waals surface area contributed by atoms with Gasteiger partial charge in [-0.15, -0.1) is 0 Å². The molecule has 0 aliphatic carbocycles. The summed E-state index contributed by atoms with van der Waals surface area (Å²) in [6, 6.07) is 14.9. The molecule has 0 aliphatic rings. The molecule has 28 heavy (non-hydrogen) atoms. The zero-order valence-corrected chi connectivity index (χ0v) is 17.5. The van der Waals surface area contributed by atoms with E-state index in [1.807, 2.05) is 36.4 Å². The summed E-state index contributed by atoms with van der Waals surface area (Å²) in [5.41, 5.74) is 3.61. The SMILES string of the molecule is CC(C)(C)c1ccc(C#CC(=O)NCCc2ccc(NS(C)(=O)=O)cc2)cc1. The summed E-state index contributed by atoms with van der Waals surface area (Å²) in [4.78, 5) is 11.9. The predicted octanol–water partition coefficient (Wildman–Crippen LogP) is 3.07. The number of hydrogen-bond acceptors (Lipinski definition) is 3. The summed E-state index contributed by atoms with van der Waals surface area (Å²) >= 11 is 0. The van der Waals surface area contributed by atoms with Gasteiger partial charge in [-0.1, -0.05) is 51.0 Å². The Labute approximate surface area is 167 Å². The second-order valence-electron chi connectivity index (χ2n) is 7.65. The molecule has 0 unspecified atom stereocenters. The van der Waals surface area contributed by atoms with Crippen LogP contribution in [-0.4, -0.2) is 27.1 Å². The first-order valence-corrected chi connectivity index (χ1v) is 10.9. The maximum Gasteiger partial charge on any atom is 0.296 e. The van der Waals surface area contributed by atoms with Crippen LogP contribution in [0.4, 0.5) is 5.69 Å². The Kier molecular flexibility index (Phi) is 6.87. The number of nitrogens with one attached hydrogen (secondary N) is 2. The van der Waals surface area contributed by atoms with Crippen LogP contribution in [0.1, 0.15) is 37.5 Å². The van der Waals surface area contributed by atoms with Gasteiger partial charge in [0, 0.05) is 23.7 Å². The molecule has 1 amide bonds. The van der Waals surface area contributed by atoms with Gasteiger partial charge in [-0.2, -0.15) is 0 Å². The van der Waals surface area contributed by atoms with Crippen molar-refractivity contribution in [2.75, 3.05) is 17.5 Å². The average molecular weight is 399 g/mol. The molecule has 0 saturated carbocycles. The summed E-state index contributed by atoms with van der Waals surface area (Å²) in [5, 5.41) is 2.77. The van der Waals surface area contributed by atoms with E-state index in [-0.39, 0.29) is 11.3 Å². The molecule has 0 aromatic heterocycles. The van der Waals surface area contributed by atoms with Crippen LogP contribution in [-0.2, 0) is 26.7 Å². The smallest absolute Gasteiger partial charge is 0.296 e. The van der Waals surface area contributed by atoms with Crippen molar-refractivity contribution in [3.05, 3.63) is 65.2 Å². The first-order valence-electron chi connectivity index (χ1n) is 9.00. The van der Waals surface area contributed by atoms with Crippen molar-refractivity contribution in [1.29, 1.82) is 0 Å². The standard InChI is InChI=1S/C22H26N2O3S/c1-22(2,3)19-10-5-17(6-11-19)9-14-21(25)23-16-15-18-7-12-20(13-8-18)24-28(4,26)27/h5-8,10-13,24H,15-16H2,1-4H3,(H,23,25). The number of carbonyl (C=O) groups is 1. The summed E-state index contributed by atoms with van der Waals surface area (Å²) in [6.45, 7) is 6.90. The Morgan fingerprint density at radius 1 is 1.00 bits per heavy atom. The van der Waals surface area contributed by atoms with Crippen LogP contribution in [0, 0.1) is 11.8 Å². The fourth-order valence-electron chi connectivity index (χ4n) is 2.50. The van der Waals surface area contributed by atoms with E-state index in [4.69, 9.17) is 0 Å². The molecular weight excluding hydrogens is 372 g/mol. The van der Waals surface area contributed by atoms with Crippen LogP contribution in [0.25, 0.3) is 0 Å². The number of sulfonamides is 1. The van der Waals surface area contributed by atoms with Gasteiger partial charge in [0.15, 0.2) is 0 Å². The maximum atomic E-state index is 11.9.